The van der Waals surface area contributed by atoms with Crippen molar-refractivity contribution >= 4 is 11.0 Å². The second kappa shape index (κ2) is 3.24. The van der Waals surface area contributed by atoms with Crippen molar-refractivity contribution in [1.29, 1.82) is 0 Å². The average molecular weight is 194 g/mol. The zero-order valence-electron chi connectivity index (χ0n) is 7.97. The van der Waals surface area contributed by atoms with Crippen LogP contribution in [0.2, 0.25) is 0 Å². The Morgan fingerprint density at radius 1 is 1.00 bits per heavy atom. The van der Waals surface area contributed by atoms with Crippen LogP contribution < -0.4 is 0 Å². The molecule has 71 valence electrons. The van der Waals surface area contributed by atoms with E-state index in [2.05, 4.69) is 17.1 Å². The molecule has 3 aromatic rings. The molecule has 0 aliphatic heterocycles. The van der Waals surface area contributed by atoms with Crippen LogP contribution in [0.1, 0.15) is 0 Å². The minimum absolute atomic E-state index is 0.865. The fraction of sp³-hybridized carbons (Fsp3) is 0. The van der Waals surface area contributed by atoms with E-state index in [1.807, 2.05) is 24.3 Å². The summed E-state index contributed by atoms with van der Waals surface area (Å²) in [6, 6.07) is 13.1. The van der Waals surface area contributed by atoms with E-state index in [9.17, 15) is 0 Å². The van der Waals surface area contributed by atoms with Gasteiger partial charge in [0.2, 0.25) is 0 Å². The predicted molar refractivity (Wildman–Crippen MR) is 58.3 cm³/mol. The summed E-state index contributed by atoms with van der Waals surface area (Å²) in [5, 5.41) is 1.01. The van der Waals surface area contributed by atoms with Crippen molar-refractivity contribution in [2.75, 3.05) is 0 Å². The van der Waals surface area contributed by atoms with Crippen molar-refractivity contribution in [1.82, 2.24) is 4.98 Å². The quantitative estimate of drug-likeness (QED) is 0.594. The highest BCUT2D eigenvalue weighted by Gasteiger charge is 2.00. The van der Waals surface area contributed by atoms with Gasteiger partial charge in [-0.2, -0.15) is 0 Å². The second-order valence-corrected chi connectivity index (χ2v) is 3.33. The van der Waals surface area contributed by atoms with Gasteiger partial charge in [0, 0.05) is 23.8 Å². The Morgan fingerprint density at radius 3 is 2.73 bits per heavy atom. The lowest BCUT2D eigenvalue weighted by atomic mass is 10.1. The maximum absolute atomic E-state index is 5.31. The molecule has 0 N–H and O–H groups in total. The monoisotopic (exact) mass is 194 g/mol. The van der Waals surface area contributed by atoms with Gasteiger partial charge in [-0.25, -0.2) is 0 Å². The van der Waals surface area contributed by atoms with Gasteiger partial charge in [-0.15, -0.1) is 0 Å². The van der Waals surface area contributed by atoms with Crippen LogP contribution in [0.25, 0.3) is 22.1 Å². The number of nitrogens with zero attached hydrogens (tertiary/aromatic N) is 1. The minimum Gasteiger partial charge on any atom is -0.464 e. The normalized spacial score (nSPS) is 10.7. The zero-order chi connectivity index (χ0) is 10.1. The van der Waals surface area contributed by atoms with Crippen LogP contribution in [-0.2, 0) is 0 Å². The molecule has 0 amide bonds. The standard InChI is InChI=1S/C13H8NO/c1-2-12(10-3-6-14-7-4-10)9-13-11(1)5-8-15-13/h1-4,6-9H. The van der Waals surface area contributed by atoms with Crippen LogP contribution in [-0.4, -0.2) is 4.98 Å². The lowest BCUT2D eigenvalue weighted by molar-refractivity contribution is 0.615. The summed E-state index contributed by atoms with van der Waals surface area (Å²) in [7, 11) is 0. The fourth-order valence-electron chi connectivity index (χ4n) is 1.62. The first kappa shape index (κ1) is 8.24. The average Bonchev–Trinajstić information content (AvgIpc) is 2.77. The molecule has 0 spiro atoms. The number of pyridine rings is 1. The molecule has 1 radical (unpaired) electrons. The molecule has 2 aromatic heterocycles. The molecule has 0 saturated carbocycles. The molecule has 3 rings (SSSR count). The minimum atomic E-state index is 0.865. The molecule has 1 aromatic carbocycles. The van der Waals surface area contributed by atoms with Crippen molar-refractivity contribution in [3.8, 4) is 11.1 Å². The van der Waals surface area contributed by atoms with E-state index >= 15 is 0 Å². The number of fused-ring (bicyclic) bond motifs is 1. The van der Waals surface area contributed by atoms with Crippen molar-refractivity contribution < 1.29 is 4.42 Å². The molecule has 0 atom stereocenters. The fourth-order valence-corrected chi connectivity index (χ4v) is 1.62. The van der Waals surface area contributed by atoms with Gasteiger partial charge in [-0.05, 0) is 35.4 Å². The highest BCUT2D eigenvalue weighted by molar-refractivity contribution is 5.82. The van der Waals surface area contributed by atoms with Crippen LogP contribution >= 0.6 is 0 Å². The largest absolute Gasteiger partial charge is 0.464 e. The molecular weight excluding hydrogens is 186 g/mol. The van der Waals surface area contributed by atoms with E-state index in [4.69, 9.17) is 4.42 Å². The van der Waals surface area contributed by atoms with E-state index < -0.39 is 0 Å². The number of rotatable bonds is 1. The van der Waals surface area contributed by atoms with E-state index in [0.29, 0.717) is 0 Å². The smallest absolute Gasteiger partial charge is 0.135 e. The predicted octanol–water partition coefficient (Wildman–Crippen LogP) is 3.29. The lowest BCUT2D eigenvalue weighted by Crippen LogP contribution is -1.77. The highest BCUT2D eigenvalue weighted by Crippen LogP contribution is 2.23. The number of benzene rings is 1. The van der Waals surface area contributed by atoms with Gasteiger partial charge in [-0.3, -0.25) is 4.98 Å². The van der Waals surface area contributed by atoms with Crippen LogP contribution in [0.5, 0.6) is 0 Å². The van der Waals surface area contributed by atoms with Crippen molar-refractivity contribution in [3.05, 3.63) is 55.1 Å². The van der Waals surface area contributed by atoms with Crippen LogP contribution in [0.15, 0.2) is 53.4 Å². The third kappa shape index (κ3) is 1.40. The van der Waals surface area contributed by atoms with E-state index in [1.54, 1.807) is 18.7 Å². The molecule has 2 heteroatoms. The Kier molecular flexibility index (Phi) is 1.78. The van der Waals surface area contributed by atoms with Crippen LogP contribution in [0.4, 0.5) is 0 Å². The van der Waals surface area contributed by atoms with E-state index in [0.717, 1.165) is 22.1 Å². The first-order valence-corrected chi connectivity index (χ1v) is 4.73. The van der Waals surface area contributed by atoms with Gasteiger partial charge in [0.15, 0.2) is 0 Å². The summed E-state index contributed by atoms with van der Waals surface area (Å²) in [4.78, 5) is 3.99. The van der Waals surface area contributed by atoms with E-state index in [1.165, 1.54) is 0 Å². The third-order valence-corrected chi connectivity index (χ3v) is 2.40. The highest BCUT2D eigenvalue weighted by atomic mass is 16.3. The number of hydrogen-bond donors (Lipinski definition) is 0. The number of hydrogen-bond acceptors (Lipinski definition) is 2. The van der Waals surface area contributed by atoms with Crippen LogP contribution in [0.3, 0.4) is 0 Å². The number of furan rings is 1. The Labute approximate surface area is 87.2 Å². The van der Waals surface area contributed by atoms with Crippen molar-refractivity contribution in [2.24, 2.45) is 0 Å². The van der Waals surface area contributed by atoms with E-state index in [-0.39, 0.29) is 0 Å². The third-order valence-electron chi connectivity index (χ3n) is 2.40. The molecule has 2 heterocycles. The summed E-state index contributed by atoms with van der Waals surface area (Å²) >= 11 is 0. The Bertz CT molecular complexity index is 584. The van der Waals surface area contributed by atoms with Crippen LogP contribution in [0, 0.1) is 6.07 Å². The van der Waals surface area contributed by atoms with Gasteiger partial charge in [-0.1, -0.05) is 6.07 Å². The summed E-state index contributed by atoms with van der Waals surface area (Å²) in [6.45, 7) is 0. The maximum Gasteiger partial charge on any atom is 0.135 e. The van der Waals surface area contributed by atoms with Gasteiger partial charge in [0.1, 0.15) is 5.58 Å². The summed E-state index contributed by atoms with van der Waals surface area (Å²) < 4.78 is 5.31. The zero-order valence-corrected chi connectivity index (χ0v) is 7.97. The molecule has 0 saturated heterocycles. The molecule has 15 heavy (non-hydrogen) atoms. The molecule has 0 bridgehead atoms. The molecule has 2 nitrogen and oxygen atoms in total. The second-order valence-electron chi connectivity index (χ2n) is 3.33. The number of aromatic nitrogens is 1. The Morgan fingerprint density at radius 2 is 1.87 bits per heavy atom. The topological polar surface area (TPSA) is 26.0 Å². The summed E-state index contributed by atoms with van der Waals surface area (Å²) in [5.74, 6) is 0. The van der Waals surface area contributed by atoms with Crippen molar-refractivity contribution in [3.63, 3.8) is 0 Å². The maximum atomic E-state index is 5.31. The Balaban J connectivity index is 2.19. The molecular formula is C13H8NO. The summed E-state index contributed by atoms with van der Waals surface area (Å²) in [5.41, 5.74) is 3.14. The SMILES string of the molecule is [c]1coc2cc(-c3ccncc3)ccc12. The van der Waals surface area contributed by atoms with Gasteiger partial charge >= 0.3 is 0 Å². The molecule has 0 unspecified atom stereocenters. The molecule has 0 fully saturated rings. The molecule has 0 aliphatic rings. The Hall–Kier alpha value is -2.09. The first-order chi connectivity index (χ1) is 7.43. The first-order valence-electron chi connectivity index (χ1n) is 4.73. The summed E-state index contributed by atoms with van der Waals surface area (Å²) in [6.07, 6.45) is 5.16. The van der Waals surface area contributed by atoms with Gasteiger partial charge in [0.25, 0.3) is 0 Å². The molecule has 0 aliphatic carbocycles. The van der Waals surface area contributed by atoms with Gasteiger partial charge in [0.05, 0.1) is 6.26 Å². The van der Waals surface area contributed by atoms with Gasteiger partial charge < -0.3 is 4.42 Å². The van der Waals surface area contributed by atoms with Crippen molar-refractivity contribution in [2.45, 2.75) is 0 Å². The lowest BCUT2D eigenvalue weighted by Gasteiger charge is -1.99.